The highest BCUT2D eigenvalue weighted by Crippen LogP contribution is 2.21. The molecule has 15 heavy (non-hydrogen) atoms. The summed E-state index contributed by atoms with van der Waals surface area (Å²) < 4.78 is 4.87. The van der Waals surface area contributed by atoms with Gasteiger partial charge in [-0.05, 0) is 6.42 Å². The molecule has 0 atom stereocenters. The molecule has 6 heteroatoms. The molecule has 6 nitrogen and oxygen atoms in total. The lowest BCUT2D eigenvalue weighted by atomic mass is 10.3. The molecule has 0 radical (unpaired) electrons. The summed E-state index contributed by atoms with van der Waals surface area (Å²) in [6.07, 6.45) is 0.923. The Kier molecular flexibility index (Phi) is 3.84. The Morgan fingerprint density at radius 1 is 1.60 bits per heavy atom. The highest BCUT2D eigenvalue weighted by Gasteiger charge is 2.10. The maximum atomic E-state index is 10.6. The minimum absolute atomic E-state index is 0.0274. The van der Waals surface area contributed by atoms with E-state index in [0.717, 1.165) is 13.0 Å². The predicted molar refractivity (Wildman–Crippen MR) is 56.2 cm³/mol. The van der Waals surface area contributed by atoms with E-state index in [1.54, 1.807) is 0 Å². The Hall–Kier alpha value is -1.85. The quantitative estimate of drug-likeness (QED) is 0.593. The topological polar surface area (TPSA) is 77.3 Å². The summed E-state index contributed by atoms with van der Waals surface area (Å²) in [6.45, 7) is 2.72. The number of rotatable bonds is 5. The molecule has 1 heterocycles. The fourth-order valence-electron chi connectivity index (χ4n) is 1.05. The average Bonchev–Trinajstić information content (AvgIpc) is 2.25. The molecule has 0 aliphatic rings. The normalized spacial score (nSPS) is 9.73. The van der Waals surface area contributed by atoms with Crippen LogP contribution in [-0.4, -0.2) is 23.6 Å². The molecule has 0 aromatic carbocycles. The SMILES string of the molecule is CCCNc1cc([N+](=O)[O-])cc(OC)n1. The highest BCUT2D eigenvalue weighted by atomic mass is 16.6. The fraction of sp³-hybridized carbons (Fsp3) is 0.444. The Bertz CT molecular complexity index is 354. The van der Waals surface area contributed by atoms with Crippen molar-refractivity contribution in [2.45, 2.75) is 13.3 Å². The van der Waals surface area contributed by atoms with Gasteiger partial charge in [0.05, 0.1) is 24.2 Å². The van der Waals surface area contributed by atoms with Gasteiger partial charge in [0, 0.05) is 6.54 Å². The van der Waals surface area contributed by atoms with E-state index in [1.807, 2.05) is 6.92 Å². The van der Waals surface area contributed by atoms with Crippen LogP contribution in [0.15, 0.2) is 12.1 Å². The summed E-state index contributed by atoms with van der Waals surface area (Å²) in [4.78, 5) is 14.2. The van der Waals surface area contributed by atoms with Crippen molar-refractivity contribution in [1.29, 1.82) is 0 Å². The number of methoxy groups -OCH3 is 1. The molecule has 0 aliphatic carbocycles. The van der Waals surface area contributed by atoms with E-state index in [0.29, 0.717) is 5.82 Å². The molecular formula is C9H13N3O3. The smallest absolute Gasteiger partial charge is 0.278 e. The van der Waals surface area contributed by atoms with Crippen molar-refractivity contribution in [3.05, 3.63) is 22.2 Å². The van der Waals surface area contributed by atoms with Gasteiger partial charge in [0.2, 0.25) is 5.88 Å². The van der Waals surface area contributed by atoms with E-state index in [-0.39, 0.29) is 11.6 Å². The molecule has 0 saturated heterocycles. The van der Waals surface area contributed by atoms with Gasteiger partial charge in [0.15, 0.2) is 0 Å². The third-order valence-electron chi connectivity index (χ3n) is 1.76. The molecule has 0 amide bonds. The van der Waals surface area contributed by atoms with Gasteiger partial charge in [-0.15, -0.1) is 0 Å². The van der Waals surface area contributed by atoms with E-state index in [4.69, 9.17) is 4.74 Å². The van der Waals surface area contributed by atoms with E-state index >= 15 is 0 Å². The Morgan fingerprint density at radius 2 is 2.33 bits per heavy atom. The third kappa shape index (κ3) is 3.08. The lowest BCUT2D eigenvalue weighted by Crippen LogP contribution is -2.03. The summed E-state index contributed by atoms with van der Waals surface area (Å²) in [5.41, 5.74) is -0.0274. The number of hydrogen-bond acceptors (Lipinski definition) is 5. The second kappa shape index (κ2) is 5.14. The highest BCUT2D eigenvalue weighted by molar-refractivity contribution is 5.48. The van der Waals surface area contributed by atoms with Crippen molar-refractivity contribution in [2.24, 2.45) is 0 Å². The number of hydrogen-bond donors (Lipinski definition) is 1. The fourth-order valence-corrected chi connectivity index (χ4v) is 1.05. The van der Waals surface area contributed by atoms with Gasteiger partial charge in [-0.25, -0.2) is 0 Å². The summed E-state index contributed by atoms with van der Waals surface area (Å²) in [5.74, 6) is 0.700. The van der Waals surface area contributed by atoms with Crippen LogP contribution in [0.5, 0.6) is 5.88 Å². The minimum Gasteiger partial charge on any atom is -0.481 e. The Balaban J connectivity index is 2.95. The first-order chi connectivity index (χ1) is 7.17. The number of nitrogens with one attached hydrogen (secondary N) is 1. The summed E-state index contributed by atoms with van der Waals surface area (Å²) in [6, 6.07) is 2.68. The molecule has 1 rings (SSSR count). The zero-order valence-electron chi connectivity index (χ0n) is 8.69. The second-order valence-electron chi connectivity index (χ2n) is 2.94. The molecule has 0 fully saturated rings. The summed E-state index contributed by atoms with van der Waals surface area (Å²) in [7, 11) is 1.43. The van der Waals surface area contributed by atoms with Gasteiger partial charge in [0.25, 0.3) is 5.69 Å². The van der Waals surface area contributed by atoms with E-state index in [9.17, 15) is 10.1 Å². The monoisotopic (exact) mass is 211 g/mol. The van der Waals surface area contributed by atoms with Crippen LogP contribution in [0.1, 0.15) is 13.3 Å². The average molecular weight is 211 g/mol. The molecule has 0 bridgehead atoms. The van der Waals surface area contributed by atoms with Gasteiger partial charge in [-0.1, -0.05) is 6.92 Å². The van der Waals surface area contributed by atoms with Crippen LogP contribution in [0.2, 0.25) is 0 Å². The molecule has 0 saturated carbocycles. The number of pyridine rings is 1. The zero-order valence-corrected chi connectivity index (χ0v) is 8.69. The van der Waals surface area contributed by atoms with Gasteiger partial charge in [-0.2, -0.15) is 4.98 Å². The zero-order chi connectivity index (χ0) is 11.3. The van der Waals surface area contributed by atoms with Crippen LogP contribution in [0.3, 0.4) is 0 Å². The molecule has 82 valence electrons. The van der Waals surface area contributed by atoms with E-state index in [2.05, 4.69) is 10.3 Å². The van der Waals surface area contributed by atoms with E-state index in [1.165, 1.54) is 19.2 Å². The van der Waals surface area contributed by atoms with Crippen LogP contribution in [0.25, 0.3) is 0 Å². The van der Waals surface area contributed by atoms with Gasteiger partial charge < -0.3 is 10.1 Å². The molecule has 0 spiro atoms. The van der Waals surface area contributed by atoms with E-state index < -0.39 is 4.92 Å². The van der Waals surface area contributed by atoms with Crippen LogP contribution in [0, 0.1) is 10.1 Å². The molecule has 1 aromatic rings. The summed E-state index contributed by atoms with van der Waals surface area (Å²) >= 11 is 0. The lowest BCUT2D eigenvalue weighted by molar-refractivity contribution is -0.384. The van der Waals surface area contributed by atoms with Gasteiger partial charge >= 0.3 is 0 Å². The first-order valence-corrected chi connectivity index (χ1v) is 4.61. The lowest BCUT2D eigenvalue weighted by Gasteiger charge is -2.05. The Labute approximate surface area is 87.4 Å². The second-order valence-corrected chi connectivity index (χ2v) is 2.94. The van der Waals surface area contributed by atoms with Crippen molar-refractivity contribution >= 4 is 11.5 Å². The number of anilines is 1. The first-order valence-electron chi connectivity index (χ1n) is 4.61. The maximum Gasteiger partial charge on any atom is 0.278 e. The molecule has 0 aliphatic heterocycles. The van der Waals surface area contributed by atoms with Crippen LogP contribution < -0.4 is 10.1 Å². The summed E-state index contributed by atoms with van der Waals surface area (Å²) in [5, 5.41) is 13.6. The third-order valence-corrected chi connectivity index (χ3v) is 1.76. The first kappa shape index (κ1) is 11.2. The van der Waals surface area contributed by atoms with Crippen LogP contribution in [-0.2, 0) is 0 Å². The minimum atomic E-state index is -0.471. The Morgan fingerprint density at radius 3 is 2.87 bits per heavy atom. The van der Waals surface area contributed by atoms with Crippen molar-refractivity contribution in [2.75, 3.05) is 19.0 Å². The number of aromatic nitrogens is 1. The van der Waals surface area contributed by atoms with Gasteiger partial charge in [-0.3, -0.25) is 10.1 Å². The molecular weight excluding hydrogens is 198 g/mol. The standard InChI is InChI=1S/C9H13N3O3/c1-3-4-10-8-5-7(12(13)14)6-9(11-8)15-2/h5-6H,3-4H2,1-2H3,(H,10,11). The van der Waals surface area contributed by atoms with Crippen LogP contribution >= 0.6 is 0 Å². The maximum absolute atomic E-state index is 10.6. The number of ether oxygens (including phenoxy) is 1. The van der Waals surface area contributed by atoms with Crippen molar-refractivity contribution in [3.8, 4) is 5.88 Å². The number of nitrogens with zero attached hydrogens (tertiary/aromatic N) is 2. The van der Waals surface area contributed by atoms with Crippen molar-refractivity contribution < 1.29 is 9.66 Å². The van der Waals surface area contributed by atoms with Crippen LogP contribution in [0.4, 0.5) is 11.5 Å². The van der Waals surface area contributed by atoms with Gasteiger partial charge in [0.1, 0.15) is 5.82 Å². The molecule has 0 unspecified atom stereocenters. The molecule has 1 aromatic heterocycles. The largest absolute Gasteiger partial charge is 0.481 e. The van der Waals surface area contributed by atoms with Crippen molar-refractivity contribution in [1.82, 2.24) is 4.98 Å². The van der Waals surface area contributed by atoms with Crippen molar-refractivity contribution in [3.63, 3.8) is 0 Å². The molecule has 1 N–H and O–H groups in total. The predicted octanol–water partition coefficient (Wildman–Crippen LogP) is 1.82. The number of nitro groups is 1.